The molecule has 1 aromatic heterocycles. The van der Waals surface area contributed by atoms with Crippen molar-refractivity contribution in [2.45, 2.75) is 0 Å². The molecule has 0 saturated heterocycles. The van der Waals surface area contributed by atoms with Crippen molar-refractivity contribution in [1.29, 1.82) is 0 Å². The van der Waals surface area contributed by atoms with Crippen molar-refractivity contribution in [3.8, 4) is 11.1 Å². The third kappa shape index (κ3) is 2.02. The summed E-state index contributed by atoms with van der Waals surface area (Å²) in [5.41, 5.74) is 5.52. The molecule has 1 heterocycles. The molecular formula is C10H10ClN3O3S. The van der Waals surface area contributed by atoms with E-state index in [1.54, 1.807) is 24.3 Å². The first kappa shape index (κ1) is 12.7. The maximum absolute atomic E-state index is 11.8. The molecule has 3 N–H and O–H groups in total. The lowest BCUT2D eigenvalue weighted by atomic mass is 10.1. The third-order valence-electron chi connectivity index (χ3n) is 2.38. The molecule has 0 radical (unpaired) electrons. The zero-order chi connectivity index (χ0) is 13.5. The highest BCUT2D eigenvalue weighted by Crippen LogP contribution is 2.29. The van der Waals surface area contributed by atoms with E-state index in [1.165, 1.54) is 0 Å². The Balaban J connectivity index is 2.80. The van der Waals surface area contributed by atoms with E-state index in [2.05, 4.69) is 5.10 Å². The average Bonchev–Trinajstić information content (AvgIpc) is 2.55. The van der Waals surface area contributed by atoms with E-state index in [1.807, 2.05) is 0 Å². The van der Waals surface area contributed by atoms with Gasteiger partial charge in [-0.05, 0) is 6.07 Å². The second kappa shape index (κ2) is 4.18. The largest absolute Gasteiger partial charge is 0.382 e. The second-order valence-corrected chi connectivity index (χ2v) is 5.95. The predicted octanol–water partition coefficient (Wildman–Crippen LogP) is 0.887. The Morgan fingerprint density at radius 3 is 2.44 bits per heavy atom. The summed E-state index contributed by atoms with van der Waals surface area (Å²) in [6.45, 7) is 0. The van der Waals surface area contributed by atoms with Gasteiger partial charge in [0.05, 0.1) is 11.8 Å². The number of hydrogen-bond acceptors (Lipinski definition) is 4. The van der Waals surface area contributed by atoms with Crippen molar-refractivity contribution in [2.24, 2.45) is 0 Å². The molecule has 2 rings (SSSR count). The van der Waals surface area contributed by atoms with E-state index in [4.69, 9.17) is 17.3 Å². The van der Waals surface area contributed by atoms with Gasteiger partial charge in [-0.2, -0.15) is 4.09 Å². The molecule has 0 saturated carbocycles. The van der Waals surface area contributed by atoms with Crippen molar-refractivity contribution in [3.05, 3.63) is 39.6 Å². The van der Waals surface area contributed by atoms with Gasteiger partial charge in [0, 0.05) is 10.6 Å². The Bertz CT molecular complexity index is 761. The first-order chi connectivity index (χ1) is 8.32. The van der Waals surface area contributed by atoms with E-state index in [9.17, 15) is 13.2 Å². The molecule has 18 heavy (non-hydrogen) atoms. The Kier molecular flexibility index (Phi) is 2.95. The Morgan fingerprint density at radius 2 is 1.94 bits per heavy atom. The first-order valence-corrected chi connectivity index (χ1v) is 7.11. The smallest absolute Gasteiger partial charge is 0.275 e. The van der Waals surface area contributed by atoms with E-state index >= 15 is 0 Å². The highest BCUT2D eigenvalue weighted by Gasteiger charge is 2.20. The van der Waals surface area contributed by atoms with Crippen LogP contribution in [-0.2, 0) is 10.0 Å². The monoisotopic (exact) mass is 287 g/mol. The summed E-state index contributed by atoms with van der Waals surface area (Å²) in [6, 6.07) is 6.56. The molecule has 96 valence electrons. The molecule has 0 aliphatic rings. The highest BCUT2D eigenvalue weighted by molar-refractivity contribution is 7.89. The highest BCUT2D eigenvalue weighted by atomic mass is 35.5. The van der Waals surface area contributed by atoms with Crippen LogP contribution in [0.1, 0.15) is 0 Å². The molecule has 0 bridgehead atoms. The molecule has 0 amide bonds. The lowest BCUT2D eigenvalue weighted by molar-refractivity contribution is 0.587. The second-order valence-electron chi connectivity index (χ2n) is 3.71. The minimum absolute atomic E-state index is 0.0472. The number of benzene rings is 1. The van der Waals surface area contributed by atoms with Crippen LogP contribution in [0.5, 0.6) is 0 Å². The number of H-pyrrole nitrogens is 1. The molecule has 8 heteroatoms. The van der Waals surface area contributed by atoms with Crippen molar-refractivity contribution < 1.29 is 8.42 Å². The summed E-state index contributed by atoms with van der Waals surface area (Å²) in [5, 5.41) is 2.49. The molecular weight excluding hydrogens is 278 g/mol. The fraction of sp³-hybridized carbons (Fsp3) is 0.100. The number of nitrogen functional groups attached to an aromatic ring is 1. The van der Waals surface area contributed by atoms with Gasteiger partial charge in [-0.15, -0.1) is 0 Å². The number of hydrogen-bond donors (Lipinski definition) is 2. The van der Waals surface area contributed by atoms with Crippen molar-refractivity contribution >= 4 is 27.4 Å². The number of aromatic amines is 1. The lowest BCUT2D eigenvalue weighted by Gasteiger charge is -2.04. The molecule has 0 atom stereocenters. The topological polar surface area (TPSA) is 98.0 Å². The van der Waals surface area contributed by atoms with Crippen LogP contribution in [0.2, 0.25) is 5.02 Å². The van der Waals surface area contributed by atoms with Crippen molar-refractivity contribution in [2.75, 3.05) is 12.0 Å². The van der Waals surface area contributed by atoms with Gasteiger partial charge in [0.1, 0.15) is 5.82 Å². The number of rotatable bonds is 2. The van der Waals surface area contributed by atoms with Gasteiger partial charge in [0.2, 0.25) is 0 Å². The Morgan fingerprint density at radius 1 is 1.33 bits per heavy atom. The summed E-state index contributed by atoms with van der Waals surface area (Å²) in [7, 11) is -3.66. The minimum Gasteiger partial charge on any atom is -0.382 e. The first-order valence-electron chi connectivity index (χ1n) is 4.88. The number of anilines is 1. The van der Waals surface area contributed by atoms with Crippen LogP contribution in [-0.4, -0.2) is 23.9 Å². The zero-order valence-corrected chi connectivity index (χ0v) is 10.9. The van der Waals surface area contributed by atoms with Gasteiger partial charge in [-0.25, -0.2) is 13.5 Å². The molecule has 0 aliphatic carbocycles. The molecule has 0 aliphatic heterocycles. The van der Waals surface area contributed by atoms with Gasteiger partial charge in [-0.3, -0.25) is 4.79 Å². The summed E-state index contributed by atoms with van der Waals surface area (Å²) < 4.78 is 23.5. The van der Waals surface area contributed by atoms with E-state index in [-0.39, 0.29) is 11.4 Å². The molecule has 0 spiro atoms. The lowest BCUT2D eigenvalue weighted by Crippen LogP contribution is -2.16. The summed E-state index contributed by atoms with van der Waals surface area (Å²) in [6.07, 6.45) is 0.940. The van der Waals surface area contributed by atoms with Crippen LogP contribution < -0.4 is 11.3 Å². The van der Waals surface area contributed by atoms with Crippen LogP contribution in [0.15, 0.2) is 29.1 Å². The van der Waals surface area contributed by atoms with Crippen LogP contribution in [0, 0.1) is 0 Å². The van der Waals surface area contributed by atoms with Crippen molar-refractivity contribution in [3.63, 3.8) is 0 Å². The Hall–Kier alpha value is -1.73. The van der Waals surface area contributed by atoms with Gasteiger partial charge >= 0.3 is 0 Å². The predicted molar refractivity (Wildman–Crippen MR) is 70.2 cm³/mol. The number of aromatic nitrogens is 2. The quantitative estimate of drug-likeness (QED) is 0.857. The normalized spacial score (nSPS) is 11.7. The number of nitrogens with zero attached hydrogens (tertiary/aromatic N) is 1. The van der Waals surface area contributed by atoms with Crippen LogP contribution in [0.4, 0.5) is 5.82 Å². The van der Waals surface area contributed by atoms with Crippen LogP contribution in [0.3, 0.4) is 0 Å². The maximum atomic E-state index is 11.8. The third-order valence-corrected chi connectivity index (χ3v) is 3.66. The van der Waals surface area contributed by atoms with Crippen LogP contribution >= 0.6 is 11.6 Å². The Labute approximate surface area is 108 Å². The van der Waals surface area contributed by atoms with Gasteiger partial charge in [0.25, 0.3) is 15.6 Å². The standard InChI is InChI=1S/C10H10ClN3O3S/c1-18(16,17)14-9(12)8(10(15)13-14)6-4-2-3-5-7(6)11/h2-5H,12H2,1H3,(H,13,15). The van der Waals surface area contributed by atoms with Crippen LogP contribution in [0.25, 0.3) is 11.1 Å². The zero-order valence-electron chi connectivity index (χ0n) is 9.34. The molecule has 0 fully saturated rings. The van der Waals surface area contributed by atoms with E-state index in [0.717, 1.165) is 6.26 Å². The SMILES string of the molecule is CS(=O)(=O)n1[nH]c(=O)c(-c2ccccc2Cl)c1N. The van der Waals surface area contributed by atoms with Gasteiger partial charge in [0.15, 0.2) is 0 Å². The van der Waals surface area contributed by atoms with Gasteiger partial charge in [-0.1, -0.05) is 29.8 Å². The number of halogens is 1. The summed E-state index contributed by atoms with van der Waals surface area (Å²) >= 11 is 5.96. The van der Waals surface area contributed by atoms with Gasteiger partial charge < -0.3 is 5.73 Å². The average molecular weight is 288 g/mol. The van der Waals surface area contributed by atoms with E-state index < -0.39 is 15.6 Å². The molecule has 2 aromatic rings. The van der Waals surface area contributed by atoms with E-state index in [0.29, 0.717) is 14.7 Å². The molecule has 6 nitrogen and oxygen atoms in total. The minimum atomic E-state index is -3.66. The summed E-state index contributed by atoms with van der Waals surface area (Å²) in [4.78, 5) is 11.8. The fourth-order valence-electron chi connectivity index (χ4n) is 1.61. The van der Waals surface area contributed by atoms with Crippen molar-refractivity contribution in [1.82, 2.24) is 9.19 Å². The fourth-order valence-corrected chi connectivity index (χ4v) is 2.54. The molecule has 1 aromatic carbocycles. The molecule has 0 unspecified atom stereocenters. The number of nitrogens with one attached hydrogen (secondary N) is 1. The maximum Gasteiger partial charge on any atom is 0.275 e. The number of nitrogens with two attached hydrogens (primary N) is 1. The summed E-state index contributed by atoms with van der Waals surface area (Å²) in [5.74, 6) is -0.185.